The van der Waals surface area contributed by atoms with Crippen molar-refractivity contribution in [2.75, 3.05) is 31.2 Å². The van der Waals surface area contributed by atoms with Crippen LogP contribution in [0.3, 0.4) is 0 Å². The minimum absolute atomic E-state index is 0.0175. The number of halogens is 1. The number of aryl methyl sites for hydroxylation is 1. The highest BCUT2D eigenvalue weighted by atomic mass is 35.5. The minimum atomic E-state index is -0.728. The Morgan fingerprint density at radius 3 is 2.61 bits per heavy atom. The van der Waals surface area contributed by atoms with Gasteiger partial charge >= 0.3 is 11.8 Å². The molecule has 2 N–H and O–H groups in total. The first-order chi connectivity index (χ1) is 14.9. The zero-order chi connectivity index (χ0) is 22.4. The van der Waals surface area contributed by atoms with Crippen molar-refractivity contribution in [2.24, 2.45) is 5.92 Å². The molecule has 3 rings (SSSR count). The van der Waals surface area contributed by atoms with Crippen LogP contribution in [0.15, 0.2) is 41.6 Å². The maximum atomic E-state index is 12.8. The first kappa shape index (κ1) is 23.1. The van der Waals surface area contributed by atoms with Crippen LogP contribution in [-0.4, -0.2) is 53.5 Å². The molecule has 9 heteroatoms. The number of anilines is 1. The lowest BCUT2D eigenvalue weighted by atomic mass is 9.96. The second-order valence-electron chi connectivity index (χ2n) is 7.42. The van der Waals surface area contributed by atoms with E-state index in [0.717, 1.165) is 23.4 Å². The summed E-state index contributed by atoms with van der Waals surface area (Å²) in [4.78, 5) is 43.1. The fraction of sp³-hybridized carbons (Fsp3) is 0.364. The second kappa shape index (κ2) is 10.6. The van der Waals surface area contributed by atoms with E-state index in [1.165, 1.54) is 11.8 Å². The van der Waals surface area contributed by atoms with Crippen LogP contribution < -0.4 is 10.6 Å². The number of carbonyl (C=O) groups excluding carboxylic acids is 3. The van der Waals surface area contributed by atoms with Crippen LogP contribution in [0.1, 0.15) is 28.8 Å². The summed E-state index contributed by atoms with van der Waals surface area (Å²) in [6.07, 6.45) is 5.10. The summed E-state index contributed by atoms with van der Waals surface area (Å²) in [5.41, 5.74) is 1.99. The van der Waals surface area contributed by atoms with Crippen molar-refractivity contribution in [3.05, 3.63) is 52.7 Å². The molecule has 0 atom stereocenters. The largest absolute Gasteiger partial charge is 0.348 e. The molecule has 1 aliphatic rings. The number of aromatic nitrogens is 1. The molecule has 0 unspecified atom stereocenters. The summed E-state index contributed by atoms with van der Waals surface area (Å²) >= 11 is 7.50. The molecule has 1 saturated heterocycles. The highest BCUT2D eigenvalue weighted by Gasteiger charge is 2.26. The van der Waals surface area contributed by atoms with E-state index in [9.17, 15) is 14.4 Å². The van der Waals surface area contributed by atoms with E-state index in [0.29, 0.717) is 35.9 Å². The SMILES string of the molecule is CSc1ncccc1C(=O)N1CCC(CNC(=O)C(=O)Nc2ccc(C)c(Cl)c2)CC1. The third-order valence-electron chi connectivity index (χ3n) is 5.28. The number of rotatable bonds is 5. The van der Waals surface area contributed by atoms with Gasteiger partial charge < -0.3 is 15.5 Å². The molecule has 31 heavy (non-hydrogen) atoms. The van der Waals surface area contributed by atoms with E-state index in [-0.39, 0.29) is 11.8 Å². The Balaban J connectivity index is 1.45. The van der Waals surface area contributed by atoms with Crippen LogP contribution in [-0.2, 0) is 9.59 Å². The van der Waals surface area contributed by atoms with Crippen molar-refractivity contribution in [1.29, 1.82) is 0 Å². The molecule has 0 saturated carbocycles. The van der Waals surface area contributed by atoms with E-state index < -0.39 is 11.8 Å². The molecule has 2 heterocycles. The molecule has 1 aromatic heterocycles. The molecule has 2 aromatic rings. The standard InChI is InChI=1S/C22H25ClN4O3S/c1-14-5-6-16(12-18(14)23)26-20(29)19(28)25-13-15-7-10-27(11-8-15)22(30)17-4-3-9-24-21(17)31-2/h3-6,9,12,15H,7-8,10-11,13H2,1-2H3,(H,25,28)(H,26,29). The number of likely N-dealkylation sites (tertiary alicyclic amines) is 1. The van der Waals surface area contributed by atoms with E-state index >= 15 is 0 Å². The predicted molar refractivity (Wildman–Crippen MR) is 122 cm³/mol. The smallest absolute Gasteiger partial charge is 0.313 e. The van der Waals surface area contributed by atoms with E-state index in [2.05, 4.69) is 15.6 Å². The highest BCUT2D eigenvalue weighted by Crippen LogP contribution is 2.23. The van der Waals surface area contributed by atoms with Crippen molar-refractivity contribution in [1.82, 2.24) is 15.2 Å². The van der Waals surface area contributed by atoms with Gasteiger partial charge in [0.05, 0.1) is 5.56 Å². The highest BCUT2D eigenvalue weighted by molar-refractivity contribution is 7.98. The first-order valence-electron chi connectivity index (χ1n) is 10.0. The summed E-state index contributed by atoms with van der Waals surface area (Å²) in [5, 5.41) is 6.49. The Morgan fingerprint density at radius 1 is 1.19 bits per heavy atom. The molecule has 3 amide bonds. The number of benzene rings is 1. The molecule has 1 fully saturated rings. The summed E-state index contributed by atoms with van der Waals surface area (Å²) in [5.74, 6) is -1.22. The summed E-state index contributed by atoms with van der Waals surface area (Å²) in [6, 6.07) is 8.65. The van der Waals surface area contributed by atoms with Crippen LogP contribution in [0.2, 0.25) is 5.02 Å². The van der Waals surface area contributed by atoms with Crippen molar-refractivity contribution < 1.29 is 14.4 Å². The number of hydrogen-bond donors (Lipinski definition) is 2. The second-order valence-corrected chi connectivity index (χ2v) is 8.63. The molecule has 1 aliphatic heterocycles. The number of piperidine rings is 1. The Labute approximate surface area is 190 Å². The Morgan fingerprint density at radius 2 is 1.94 bits per heavy atom. The summed E-state index contributed by atoms with van der Waals surface area (Å²) in [6.45, 7) is 3.47. The molecule has 0 aliphatic carbocycles. The topological polar surface area (TPSA) is 91.4 Å². The van der Waals surface area contributed by atoms with Gasteiger partial charge in [0.25, 0.3) is 5.91 Å². The molecule has 0 radical (unpaired) electrons. The predicted octanol–water partition coefficient (Wildman–Crippen LogP) is 3.37. The number of nitrogens with zero attached hydrogens (tertiary/aromatic N) is 2. The van der Waals surface area contributed by atoms with Crippen LogP contribution in [0.4, 0.5) is 5.69 Å². The molecule has 7 nitrogen and oxygen atoms in total. The van der Waals surface area contributed by atoms with Crippen molar-refractivity contribution in [2.45, 2.75) is 24.8 Å². The van der Waals surface area contributed by atoms with E-state index in [1.54, 1.807) is 36.5 Å². The quantitative estimate of drug-likeness (QED) is 0.527. The molecule has 164 valence electrons. The number of pyridine rings is 1. The van der Waals surface area contributed by atoms with Crippen LogP contribution in [0, 0.1) is 12.8 Å². The lowest BCUT2D eigenvalue weighted by Gasteiger charge is -2.32. The number of thioether (sulfide) groups is 1. The maximum Gasteiger partial charge on any atom is 0.313 e. The molecule has 0 bridgehead atoms. The molecule has 0 spiro atoms. The van der Waals surface area contributed by atoms with Crippen molar-refractivity contribution in [3.63, 3.8) is 0 Å². The lowest BCUT2D eigenvalue weighted by molar-refractivity contribution is -0.136. The lowest BCUT2D eigenvalue weighted by Crippen LogP contribution is -2.43. The third kappa shape index (κ3) is 5.98. The first-order valence-corrected chi connectivity index (χ1v) is 11.6. The average Bonchev–Trinajstić information content (AvgIpc) is 2.79. The fourth-order valence-electron chi connectivity index (χ4n) is 3.40. The van der Waals surface area contributed by atoms with Crippen LogP contribution >= 0.6 is 23.4 Å². The Hall–Kier alpha value is -2.58. The molecular weight excluding hydrogens is 436 g/mol. The number of hydrogen-bond acceptors (Lipinski definition) is 5. The maximum absolute atomic E-state index is 12.8. The van der Waals surface area contributed by atoms with Gasteiger partial charge in [-0.3, -0.25) is 14.4 Å². The van der Waals surface area contributed by atoms with Gasteiger partial charge in [-0.2, -0.15) is 0 Å². The zero-order valence-electron chi connectivity index (χ0n) is 17.5. The van der Waals surface area contributed by atoms with Crippen LogP contribution in [0.5, 0.6) is 0 Å². The van der Waals surface area contributed by atoms with Crippen LogP contribution in [0.25, 0.3) is 0 Å². The van der Waals surface area contributed by atoms with Gasteiger partial charge in [-0.05, 0) is 61.8 Å². The van der Waals surface area contributed by atoms with Crippen molar-refractivity contribution >= 4 is 46.8 Å². The normalized spacial score (nSPS) is 14.2. The number of amides is 3. The monoisotopic (exact) mass is 460 g/mol. The average molecular weight is 461 g/mol. The fourth-order valence-corrected chi connectivity index (χ4v) is 4.12. The number of nitrogens with one attached hydrogen (secondary N) is 2. The van der Waals surface area contributed by atoms with Gasteiger partial charge in [-0.1, -0.05) is 17.7 Å². The number of carbonyl (C=O) groups is 3. The van der Waals surface area contributed by atoms with E-state index in [1.807, 2.05) is 18.1 Å². The minimum Gasteiger partial charge on any atom is -0.348 e. The Kier molecular flexibility index (Phi) is 7.92. The Bertz CT molecular complexity index is 977. The van der Waals surface area contributed by atoms with Gasteiger partial charge in [0, 0.05) is 36.5 Å². The van der Waals surface area contributed by atoms with Gasteiger partial charge in [0.1, 0.15) is 5.03 Å². The zero-order valence-corrected chi connectivity index (χ0v) is 19.1. The summed E-state index contributed by atoms with van der Waals surface area (Å²) in [7, 11) is 0. The van der Waals surface area contributed by atoms with Gasteiger partial charge in [-0.25, -0.2) is 4.98 Å². The molecular formula is C22H25ClN4O3S. The van der Waals surface area contributed by atoms with E-state index in [4.69, 9.17) is 11.6 Å². The summed E-state index contributed by atoms with van der Waals surface area (Å²) < 4.78 is 0. The van der Waals surface area contributed by atoms with Gasteiger partial charge in [-0.15, -0.1) is 11.8 Å². The van der Waals surface area contributed by atoms with Gasteiger partial charge in [0.2, 0.25) is 0 Å². The third-order valence-corrected chi connectivity index (χ3v) is 6.40. The van der Waals surface area contributed by atoms with Crippen molar-refractivity contribution in [3.8, 4) is 0 Å². The van der Waals surface area contributed by atoms with Gasteiger partial charge in [0.15, 0.2) is 0 Å². The molecule has 1 aromatic carbocycles.